The second-order valence-corrected chi connectivity index (χ2v) is 8.47. The van der Waals surface area contributed by atoms with E-state index < -0.39 is 6.04 Å². The van der Waals surface area contributed by atoms with E-state index in [0.717, 1.165) is 17.7 Å². The van der Waals surface area contributed by atoms with Crippen molar-refractivity contribution < 1.29 is 19.1 Å². The predicted octanol–water partition coefficient (Wildman–Crippen LogP) is 3.25. The molecule has 0 bridgehead atoms. The van der Waals surface area contributed by atoms with Crippen LogP contribution in [0.15, 0.2) is 48.5 Å². The number of amides is 3. The Morgan fingerprint density at radius 2 is 1.76 bits per heavy atom. The molecule has 0 spiro atoms. The predicted molar refractivity (Wildman–Crippen MR) is 136 cm³/mol. The topological polar surface area (TPSA) is 91.0 Å². The zero-order valence-corrected chi connectivity index (χ0v) is 20.5. The van der Waals surface area contributed by atoms with Crippen molar-refractivity contribution in [1.29, 1.82) is 0 Å². The molecule has 2 aromatic carbocycles. The lowest BCUT2D eigenvalue weighted by molar-refractivity contribution is -0.124. The van der Waals surface area contributed by atoms with Crippen molar-refractivity contribution in [2.24, 2.45) is 0 Å². The van der Waals surface area contributed by atoms with E-state index in [2.05, 4.69) is 10.6 Å². The van der Waals surface area contributed by atoms with Crippen LogP contribution in [0.2, 0.25) is 0 Å². The molecule has 0 aliphatic carbocycles. The Morgan fingerprint density at radius 1 is 1.09 bits per heavy atom. The standard InChI is InChI=1S/C25H30N4O4S/c1-4-15-33-21-11-7-19(8-12-21)27-23(31)16-22-24(32)29(20-9-5-17(2)6-10-20)25(34)28(22)14-13-26-18(3)30/h5-12,22H,4,13-16H2,1-3H3,(H,26,30)(H,27,31). The molecule has 9 heteroatoms. The van der Waals surface area contributed by atoms with Gasteiger partial charge in [0.2, 0.25) is 11.8 Å². The number of hydrogen-bond acceptors (Lipinski definition) is 5. The fourth-order valence-corrected chi connectivity index (χ4v) is 4.03. The molecular formula is C25H30N4O4S. The summed E-state index contributed by atoms with van der Waals surface area (Å²) >= 11 is 5.61. The highest BCUT2D eigenvalue weighted by Gasteiger charge is 2.43. The Kier molecular flexibility index (Phi) is 8.59. The maximum Gasteiger partial charge on any atom is 0.256 e. The maximum atomic E-state index is 13.4. The first-order valence-corrected chi connectivity index (χ1v) is 11.7. The highest BCUT2D eigenvalue weighted by molar-refractivity contribution is 7.80. The Balaban J connectivity index is 1.73. The largest absolute Gasteiger partial charge is 0.494 e. The zero-order valence-electron chi connectivity index (χ0n) is 19.7. The molecule has 1 unspecified atom stereocenters. The number of rotatable bonds is 10. The molecule has 180 valence electrons. The first-order chi connectivity index (χ1) is 16.3. The molecule has 1 aliphatic rings. The van der Waals surface area contributed by atoms with Gasteiger partial charge in [0.25, 0.3) is 5.91 Å². The van der Waals surface area contributed by atoms with Crippen LogP contribution in [-0.2, 0) is 14.4 Å². The third kappa shape index (κ3) is 6.32. The average Bonchev–Trinajstić information content (AvgIpc) is 3.03. The number of thiocarbonyl (C=S) groups is 1. The molecular weight excluding hydrogens is 452 g/mol. The van der Waals surface area contributed by atoms with E-state index in [-0.39, 0.29) is 24.1 Å². The number of nitrogens with one attached hydrogen (secondary N) is 2. The molecule has 34 heavy (non-hydrogen) atoms. The van der Waals surface area contributed by atoms with Crippen LogP contribution in [0.25, 0.3) is 0 Å². The molecule has 3 amide bonds. The summed E-state index contributed by atoms with van der Waals surface area (Å²) in [6.07, 6.45) is 0.837. The number of carbonyl (C=O) groups is 3. The van der Waals surface area contributed by atoms with Gasteiger partial charge in [-0.25, -0.2) is 0 Å². The Hall–Kier alpha value is -3.46. The molecule has 0 aromatic heterocycles. The zero-order chi connectivity index (χ0) is 24.7. The van der Waals surface area contributed by atoms with Crippen LogP contribution >= 0.6 is 12.2 Å². The van der Waals surface area contributed by atoms with Gasteiger partial charge in [-0.1, -0.05) is 24.6 Å². The Bertz CT molecular complexity index is 1040. The third-order valence-corrected chi connectivity index (χ3v) is 5.74. The maximum absolute atomic E-state index is 13.4. The summed E-state index contributed by atoms with van der Waals surface area (Å²) in [5.41, 5.74) is 2.32. The minimum Gasteiger partial charge on any atom is -0.494 e. The van der Waals surface area contributed by atoms with Crippen LogP contribution in [0, 0.1) is 6.92 Å². The molecule has 8 nitrogen and oxygen atoms in total. The molecule has 0 radical (unpaired) electrons. The van der Waals surface area contributed by atoms with Crippen LogP contribution in [0.4, 0.5) is 11.4 Å². The van der Waals surface area contributed by atoms with Gasteiger partial charge < -0.3 is 20.3 Å². The molecule has 2 aromatic rings. The van der Waals surface area contributed by atoms with Crippen molar-refractivity contribution in [2.75, 3.05) is 29.9 Å². The lowest BCUT2D eigenvalue weighted by Gasteiger charge is -2.24. The van der Waals surface area contributed by atoms with E-state index in [9.17, 15) is 14.4 Å². The van der Waals surface area contributed by atoms with Crippen LogP contribution in [-0.4, -0.2) is 53.5 Å². The van der Waals surface area contributed by atoms with Crippen molar-refractivity contribution in [3.05, 3.63) is 54.1 Å². The third-order valence-electron chi connectivity index (χ3n) is 5.33. The van der Waals surface area contributed by atoms with E-state index in [1.54, 1.807) is 29.2 Å². The molecule has 1 heterocycles. The fraction of sp³-hybridized carbons (Fsp3) is 0.360. The number of carbonyl (C=O) groups excluding carboxylic acids is 3. The van der Waals surface area contributed by atoms with E-state index in [0.29, 0.717) is 36.2 Å². The van der Waals surface area contributed by atoms with Gasteiger partial charge in [0.15, 0.2) is 5.11 Å². The average molecular weight is 483 g/mol. The minimum atomic E-state index is -0.769. The van der Waals surface area contributed by atoms with E-state index in [1.165, 1.54) is 11.8 Å². The summed E-state index contributed by atoms with van der Waals surface area (Å²) in [6.45, 7) is 6.67. The number of aryl methyl sites for hydroxylation is 1. The number of hydrogen-bond donors (Lipinski definition) is 2. The van der Waals surface area contributed by atoms with E-state index >= 15 is 0 Å². The summed E-state index contributed by atoms with van der Waals surface area (Å²) in [5, 5.41) is 5.87. The van der Waals surface area contributed by atoms with Crippen molar-refractivity contribution in [1.82, 2.24) is 10.2 Å². The second-order valence-electron chi connectivity index (χ2n) is 8.11. The first kappa shape index (κ1) is 25.2. The normalized spacial score (nSPS) is 15.4. The Morgan fingerprint density at radius 3 is 2.38 bits per heavy atom. The molecule has 1 saturated heterocycles. The first-order valence-electron chi connectivity index (χ1n) is 11.3. The van der Waals surface area contributed by atoms with Crippen LogP contribution in [0.5, 0.6) is 5.75 Å². The van der Waals surface area contributed by atoms with Crippen LogP contribution in [0.1, 0.15) is 32.3 Å². The van der Waals surface area contributed by atoms with Crippen LogP contribution < -0.4 is 20.3 Å². The van der Waals surface area contributed by atoms with Gasteiger partial charge in [0.05, 0.1) is 18.7 Å². The number of anilines is 2. The molecule has 1 aliphatic heterocycles. The summed E-state index contributed by atoms with van der Waals surface area (Å²) in [7, 11) is 0. The van der Waals surface area contributed by atoms with Crippen molar-refractivity contribution >= 4 is 46.4 Å². The molecule has 1 atom stereocenters. The summed E-state index contributed by atoms with van der Waals surface area (Å²) in [4.78, 5) is 40.7. The molecule has 0 saturated carbocycles. The number of benzene rings is 2. The van der Waals surface area contributed by atoms with E-state index in [4.69, 9.17) is 17.0 Å². The molecule has 3 rings (SSSR count). The van der Waals surface area contributed by atoms with Crippen molar-refractivity contribution in [3.63, 3.8) is 0 Å². The quantitative estimate of drug-likeness (QED) is 0.505. The highest BCUT2D eigenvalue weighted by Crippen LogP contribution is 2.27. The Labute approximate surface area is 205 Å². The van der Waals surface area contributed by atoms with Gasteiger partial charge in [-0.3, -0.25) is 19.3 Å². The van der Waals surface area contributed by atoms with E-state index in [1.807, 2.05) is 38.1 Å². The molecule has 2 N–H and O–H groups in total. The van der Waals surface area contributed by atoms with Crippen molar-refractivity contribution in [3.8, 4) is 5.75 Å². The van der Waals surface area contributed by atoms with Gasteiger partial charge in [-0.05, 0) is 62.0 Å². The van der Waals surface area contributed by atoms with Gasteiger partial charge in [-0.15, -0.1) is 0 Å². The summed E-state index contributed by atoms with van der Waals surface area (Å²) < 4.78 is 5.56. The summed E-state index contributed by atoms with van der Waals surface area (Å²) in [5.74, 6) is -0.0182. The highest BCUT2D eigenvalue weighted by atomic mass is 32.1. The SMILES string of the molecule is CCCOc1ccc(NC(=O)CC2C(=O)N(c3ccc(C)cc3)C(=S)N2CCNC(C)=O)cc1. The van der Waals surface area contributed by atoms with Gasteiger partial charge in [0, 0.05) is 25.7 Å². The number of nitrogens with zero attached hydrogens (tertiary/aromatic N) is 2. The van der Waals surface area contributed by atoms with Gasteiger partial charge >= 0.3 is 0 Å². The monoisotopic (exact) mass is 482 g/mol. The smallest absolute Gasteiger partial charge is 0.256 e. The lowest BCUT2D eigenvalue weighted by atomic mass is 10.1. The fourth-order valence-electron chi connectivity index (χ4n) is 3.61. The lowest BCUT2D eigenvalue weighted by Crippen LogP contribution is -2.42. The van der Waals surface area contributed by atoms with Crippen LogP contribution in [0.3, 0.4) is 0 Å². The minimum absolute atomic E-state index is 0.0739. The second kappa shape index (κ2) is 11.6. The van der Waals surface area contributed by atoms with Gasteiger partial charge in [-0.2, -0.15) is 0 Å². The molecule has 1 fully saturated rings. The number of ether oxygens (including phenoxy) is 1. The van der Waals surface area contributed by atoms with Crippen molar-refractivity contribution in [2.45, 2.75) is 39.7 Å². The van der Waals surface area contributed by atoms with Gasteiger partial charge in [0.1, 0.15) is 11.8 Å². The summed E-state index contributed by atoms with van der Waals surface area (Å²) in [6, 6.07) is 13.8.